The number of aliphatic carboxylic acids is 1. The number of hydrogen-bond acceptors (Lipinski definition) is 3. The molecule has 0 heterocycles. The van der Waals surface area contributed by atoms with Gasteiger partial charge in [-0.1, -0.05) is 30.3 Å². The minimum Gasteiger partial charge on any atom is -0.481 e. The van der Waals surface area contributed by atoms with Gasteiger partial charge in [-0.2, -0.15) is 0 Å². The van der Waals surface area contributed by atoms with E-state index in [1.54, 1.807) is 38.4 Å². The lowest BCUT2D eigenvalue weighted by molar-refractivity contribution is -0.138. The predicted octanol–water partition coefficient (Wildman–Crippen LogP) is 1.23. The molecule has 0 bridgehead atoms. The molecule has 6 nitrogen and oxygen atoms in total. The van der Waals surface area contributed by atoms with Crippen molar-refractivity contribution in [2.24, 2.45) is 0 Å². The smallest absolute Gasteiger partial charge is 0.312 e. The fourth-order valence-electron chi connectivity index (χ4n) is 1.96. The molecule has 1 unspecified atom stereocenters. The first kappa shape index (κ1) is 17.7. The van der Waals surface area contributed by atoms with Crippen LogP contribution in [-0.4, -0.2) is 48.4 Å². The summed E-state index contributed by atoms with van der Waals surface area (Å²) >= 11 is 0. The molecule has 1 atom stereocenters. The fourth-order valence-corrected chi connectivity index (χ4v) is 1.96. The maximum Gasteiger partial charge on any atom is 0.312 e. The Bertz CT molecular complexity index is 514. The monoisotopic (exact) mass is 306 g/mol. The quantitative estimate of drug-likeness (QED) is 0.756. The molecule has 0 spiro atoms. The van der Waals surface area contributed by atoms with Crippen LogP contribution >= 0.6 is 0 Å². The zero-order valence-electron chi connectivity index (χ0n) is 12.9. The van der Waals surface area contributed by atoms with E-state index in [0.29, 0.717) is 18.4 Å². The second-order valence-electron chi connectivity index (χ2n) is 5.25. The highest BCUT2D eigenvalue weighted by molar-refractivity contribution is 5.80. The van der Waals surface area contributed by atoms with Gasteiger partial charge in [0.15, 0.2) is 0 Å². The molecule has 1 aromatic carbocycles. The molecule has 2 amide bonds. The number of carbonyl (C=O) groups excluding carboxylic acids is 2. The third-order valence-electron chi connectivity index (χ3n) is 3.30. The molecule has 0 saturated carbocycles. The highest BCUT2D eigenvalue weighted by Gasteiger charge is 2.20. The summed E-state index contributed by atoms with van der Waals surface area (Å²) in [6.45, 7) is 0.0415. The third-order valence-corrected chi connectivity index (χ3v) is 3.30. The Morgan fingerprint density at radius 3 is 2.32 bits per heavy atom. The Morgan fingerprint density at radius 2 is 1.77 bits per heavy atom. The van der Waals surface area contributed by atoms with E-state index >= 15 is 0 Å². The van der Waals surface area contributed by atoms with Gasteiger partial charge >= 0.3 is 5.97 Å². The predicted molar refractivity (Wildman–Crippen MR) is 82.4 cm³/mol. The van der Waals surface area contributed by atoms with Crippen LogP contribution in [0.3, 0.4) is 0 Å². The minimum atomic E-state index is -0.978. The first-order valence-corrected chi connectivity index (χ1v) is 7.16. The first-order valence-electron chi connectivity index (χ1n) is 7.16. The van der Waals surface area contributed by atoms with Crippen molar-refractivity contribution in [1.82, 2.24) is 10.2 Å². The van der Waals surface area contributed by atoms with Gasteiger partial charge in [0.05, 0.1) is 5.92 Å². The van der Waals surface area contributed by atoms with Crippen LogP contribution in [0.1, 0.15) is 30.7 Å². The number of carboxylic acid groups (broad SMARTS) is 1. The van der Waals surface area contributed by atoms with E-state index in [-0.39, 0.29) is 24.8 Å². The van der Waals surface area contributed by atoms with Crippen LogP contribution < -0.4 is 5.32 Å². The zero-order valence-corrected chi connectivity index (χ0v) is 12.9. The van der Waals surface area contributed by atoms with Gasteiger partial charge < -0.3 is 15.3 Å². The molecule has 120 valence electrons. The molecule has 0 aliphatic rings. The highest BCUT2D eigenvalue weighted by Crippen LogP contribution is 2.14. The number of benzene rings is 1. The summed E-state index contributed by atoms with van der Waals surface area (Å²) in [6, 6.07) is 8.78. The second-order valence-corrected chi connectivity index (χ2v) is 5.25. The van der Waals surface area contributed by atoms with Crippen LogP contribution in [0.25, 0.3) is 0 Å². The van der Waals surface area contributed by atoms with Crippen molar-refractivity contribution in [2.45, 2.75) is 25.2 Å². The van der Waals surface area contributed by atoms with Gasteiger partial charge in [-0.15, -0.1) is 0 Å². The summed E-state index contributed by atoms with van der Waals surface area (Å²) in [4.78, 5) is 35.9. The topological polar surface area (TPSA) is 86.7 Å². The second kappa shape index (κ2) is 8.81. The maximum atomic E-state index is 11.7. The Kier molecular flexibility index (Phi) is 7.08. The van der Waals surface area contributed by atoms with Crippen LogP contribution in [0.15, 0.2) is 30.3 Å². The van der Waals surface area contributed by atoms with Gasteiger partial charge in [-0.3, -0.25) is 14.4 Å². The summed E-state index contributed by atoms with van der Waals surface area (Å²) < 4.78 is 0. The van der Waals surface area contributed by atoms with Crippen molar-refractivity contribution in [3.05, 3.63) is 35.9 Å². The summed E-state index contributed by atoms with van der Waals surface area (Å²) in [5.41, 5.74) is 0.651. The van der Waals surface area contributed by atoms with Gasteiger partial charge in [0.25, 0.3) is 0 Å². The first-order chi connectivity index (χ1) is 10.4. The van der Waals surface area contributed by atoms with Crippen molar-refractivity contribution < 1.29 is 19.5 Å². The number of nitrogens with zero attached hydrogens (tertiary/aromatic N) is 1. The van der Waals surface area contributed by atoms with Crippen LogP contribution in [0.2, 0.25) is 0 Å². The molecule has 0 aliphatic carbocycles. The lowest BCUT2D eigenvalue weighted by Gasteiger charge is -2.14. The molecule has 0 aromatic heterocycles. The average Bonchev–Trinajstić information content (AvgIpc) is 2.48. The minimum absolute atomic E-state index is 0.0273. The lowest BCUT2D eigenvalue weighted by atomic mass is 9.99. The van der Waals surface area contributed by atoms with Crippen molar-refractivity contribution in [3.63, 3.8) is 0 Å². The van der Waals surface area contributed by atoms with Crippen molar-refractivity contribution >= 4 is 17.8 Å². The zero-order chi connectivity index (χ0) is 16.5. The van der Waals surface area contributed by atoms with E-state index in [9.17, 15) is 19.5 Å². The molecular weight excluding hydrogens is 284 g/mol. The SMILES string of the molecule is CN(C)C(=O)CCCC(=O)NCC(C(=O)O)c1ccccc1. The number of nitrogens with one attached hydrogen (secondary N) is 1. The fraction of sp³-hybridized carbons (Fsp3) is 0.438. The number of carbonyl (C=O) groups is 3. The van der Waals surface area contributed by atoms with Gasteiger partial charge in [-0.05, 0) is 12.0 Å². The van der Waals surface area contributed by atoms with Gasteiger partial charge in [0.2, 0.25) is 11.8 Å². The number of carboxylic acids is 1. The van der Waals surface area contributed by atoms with Gasteiger partial charge in [0.1, 0.15) is 0 Å². The Hall–Kier alpha value is -2.37. The summed E-state index contributed by atoms with van der Waals surface area (Å²) in [6.07, 6.45) is 0.966. The molecule has 1 rings (SSSR count). The van der Waals surface area contributed by atoms with E-state index in [1.807, 2.05) is 6.07 Å². The molecule has 0 fully saturated rings. The molecular formula is C16H22N2O4. The average molecular weight is 306 g/mol. The van der Waals surface area contributed by atoms with Crippen LogP contribution in [0.4, 0.5) is 0 Å². The molecule has 1 aromatic rings. The maximum absolute atomic E-state index is 11.7. The van der Waals surface area contributed by atoms with Crippen molar-refractivity contribution in [1.29, 1.82) is 0 Å². The summed E-state index contributed by atoms with van der Waals surface area (Å²) in [5, 5.41) is 11.9. The molecule has 2 N–H and O–H groups in total. The molecule has 6 heteroatoms. The van der Waals surface area contributed by atoms with E-state index in [2.05, 4.69) is 5.32 Å². The Balaban J connectivity index is 2.41. The number of hydrogen-bond donors (Lipinski definition) is 2. The molecule has 0 saturated heterocycles. The summed E-state index contributed by atoms with van der Waals surface area (Å²) in [7, 11) is 3.33. The standard InChI is InChI=1S/C16H22N2O4/c1-18(2)15(20)10-6-9-14(19)17-11-13(16(21)22)12-7-4-3-5-8-12/h3-5,7-8,13H,6,9-11H2,1-2H3,(H,17,19)(H,21,22). The van der Waals surface area contributed by atoms with Gasteiger partial charge in [0, 0.05) is 33.5 Å². The third kappa shape index (κ3) is 5.95. The Morgan fingerprint density at radius 1 is 1.14 bits per heavy atom. The lowest BCUT2D eigenvalue weighted by Crippen LogP contribution is -2.31. The van der Waals surface area contributed by atoms with Crippen LogP contribution in [0, 0.1) is 0 Å². The number of rotatable bonds is 8. The van der Waals surface area contributed by atoms with E-state index in [1.165, 1.54) is 4.90 Å². The van der Waals surface area contributed by atoms with Crippen LogP contribution in [0.5, 0.6) is 0 Å². The van der Waals surface area contributed by atoms with Crippen molar-refractivity contribution in [2.75, 3.05) is 20.6 Å². The highest BCUT2D eigenvalue weighted by atomic mass is 16.4. The molecule has 22 heavy (non-hydrogen) atoms. The largest absolute Gasteiger partial charge is 0.481 e. The molecule has 0 aliphatic heterocycles. The van der Waals surface area contributed by atoms with E-state index in [4.69, 9.17) is 0 Å². The number of amides is 2. The van der Waals surface area contributed by atoms with E-state index in [0.717, 1.165) is 0 Å². The van der Waals surface area contributed by atoms with Crippen molar-refractivity contribution in [3.8, 4) is 0 Å². The summed E-state index contributed by atoms with van der Waals surface area (Å²) in [5.74, 6) is -2.02. The normalized spacial score (nSPS) is 11.5. The van der Waals surface area contributed by atoms with E-state index < -0.39 is 11.9 Å². The Labute approximate surface area is 130 Å². The van der Waals surface area contributed by atoms with Crippen LogP contribution in [-0.2, 0) is 14.4 Å². The van der Waals surface area contributed by atoms with Gasteiger partial charge in [-0.25, -0.2) is 0 Å². The molecule has 0 radical (unpaired) electrons.